The van der Waals surface area contributed by atoms with E-state index in [1.165, 1.54) is 32.2 Å². The molecule has 34 heavy (non-hydrogen) atoms. The Bertz CT molecular complexity index is 892. The molecule has 1 atom stereocenters. The van der Waals surface area contributed by atoms with E-state index in [2.05, 4.69) is 32.2 Å². The lowest BCUT2D eigenvalue weighted by molar-refractivity contribution is -0.126. The highest BCUT2D eigenvalue weighted by Crippen LogP contribution is 2.22. The monoisotopic (exact) mass is 469 g/mol. The molecule has 0 radical (unpaired) electrons. The first-order valence-corrected chi connectivity index (χ1v) is 12.9. The fourth-order valence-electron chi connectivity index (χ4n) is 5.18. The summed E-state index contributed by atoms with van der Waals surface area (Å²) in [5.41, 5.74) is 0.900. The van der Waals surface area contributed by atoms with Crippen LogP contribution in [0.15, 0.2) is 28.8 Å². The number of nitrogens with zero attached hydrogens (tertiary/aromatic N) is 4. The molecule has 2 fully saturated rings. The van der Waals surface area contributed by atoms with Crippen molar-refractivity contribution in [2.75, 3.05) is 39.8 Å². The lowest BCUT2D eigenvalue weighted by Gasteiger charge is -2.35. The number of methoxy groups -OCH3 is 1. The first-order chi connectivity index (χ1) is 16.7. The number of benzene rings is 1. The van der Waals surface area contributed by atoms with E-state index in [1.54, 1.807) is 7.11 Å². The molecule has 3 heterocycles. The Morgan fingerprint density at radius 3 is 2.68 bits per heavy atom. The molecule has 1 unspecified atom stereocenters. The molecule has 0 saturated carbocycles. The van der Waals surface area contributed by atoms with Crippen molar-refractivity contribution < 1.29 is 14.1 Å². The Morgan fingerprint density at radius 2 is 1.94 bits per heavy atom. The number of hydrogen-bond donors (Lipinski definition) is 1. The lowest BCUT2D eigenvalue weighted by atomic mass is 9.96. The van der Waals surface area contributed by atoms with Crippen LogP contribution in [-0.2, 0) is 11.3 Å². The first-order valence-electron chi connectivity index (χ1n) is 12.9. The minimum absolute atomic E-state index is 0.104. The Balaban J connectivity index is 1.15. The summed E-state index contributed by atoms with van der Waals surface area (Å²) in [6.45, 7) is 7.73. The van der Waals surface area contributed by atoms with Gasteiger partial charge in [-0.1, -0.05) is 18.5 Å². The minimum Gasteiger partial charge on any atom is -0.497 e. The fraction of sp³-hybridized carbons (Fsp3) is 0.654. The highest BCUT2D eigenvalue weighted by atomic mass is 16.5. The molecular weight excluding hydrogens is 430 g/mol. The maximum atomic E-state index is 12.6. The largest absolute Gasteiger partial charge is 0.497 e. The van der Waals surface area contributed by atoms with Gasteiger partial charge in [-0.2, -0.15) is 4.98 Å². The maximum absolute atomic E-state index is 12.6. The van der Waals surface area contributed by atoms with Gasteiger partial charge < -0.3 is 19.5 Å². The summed E-state index contributed by atoms with van der Waals surface area (Å²) >= 11 is 0. The van der Waals surface area contributed by atoms with Crippen molar-refractivity contribution in [1.82, 2.24) is 25.3 Å². The summed E-state index contributed by atoms with van der Waals surface area (Å²) in [4.78, 5) is 22.1. The van der Waals surface area contributed by atoms with Gasteiger partial charge in [-0.15, -0.1) is 0 Å². The van der Waals surface area contributed by atoms with Crippen molar-refractivity contribution in [2.45, 2.75) is 64.5 Å². The van der Waals surface area contributed by atoms with E-state index in [4.69, 9.17) is 9.26 Å². The SMILES string of the molecule is CCC1CCCCN1CCCNC(=O)C1CCN(Cc2nc(-c3ccc(OC)cc3)no2)CC1. The van der Waals surface area contributed by atoms with Gasteiger partial charge in [-0.05, 0) is 82.4 Å². The molecule has 8 heteroatoms. The number of carbonyl (C=O) groups excluding carboxylic acids is 1. The van der Waals surface area contributed by atoms with E-state index in [0.717, 1.165) is 62.8 Å². The highest BCUT2D eigenvalue weighted by molar-refractivity contribution is 5.78. The normalized spacial score (nSPS) is 20.4. The number of amides is 1. The van der Waals surface area contributed by atoms with Gasteiger partial charge in [-0.25, -0.2) is 0 Å². The van der Waals surface area contributed by atoms with Crippen LogP contribution in [0.2, 0.25) is 0 Å². The van der Waals surface area contributed by atoms with Crippen molar-refractivity contribution >= 4 is 5.91 Å². The summed E-state index contributed by atoms with van der Waals surface area (Å²) in [7, 11) is 1.65. The smallest absolute Gasteiger partial charge is 0.241 e. The second-order valence-electron chi connectivity index (χ2n) is 9.53. The Morgan fingerprint density at radius 1 is 1.15 bits per heavy atom. The van der Waals surface area contributed by atoms with Gasteiger partial charge in [-0.3, -0.25) is 9.69 Å². The summed E-state index contributed by atoms with van der Waals surface area (Å²) in [5.74, 6) is 2.31. The third-order valence-corrected chi connectivity index (χ3v) is 7.28. The standard InChI is InChI=1S/C26H39N5O3/c1-3-22-7-4-5-15-31(22)16-6-14-27-26(32)21-12-17-30(18-13-21)19-24-28-25(29-34-24)20-8-10-23(33-2)11-9-20/h8-11,21-22H,3-7,12-19H2,1-2H3,(H,27,32). The first kappa shape index (κ1) is 24.7. The second-order valence-corrected chi connectivity index (χ2v) is 9.53. The van der Waals surface area contributed by atoms with Gasteiger partial charge in [0.15, 0.2) is 0 Å². The number of nitrogens with one attached hydrogen (secondary N) is 1. The number of piperidine rings is 2. The third kappa shape index (κ3) is 6.57. The Labute approximate surface area is 203 Å². The van der Waals surface area contributed by atoms with E-state index in [1.807, 2.05) is 24.3 Å². The zero-order chi connectivity index (χ0) is 23.8. The van der Waals surface area contributed by atoms with Crippen LogP contribution in [0.5, 0.6) is 5.75 Å². The van der Waals surface area contributed by atoms with Gasteiger partial charge in [0.25, 0.3) is 0 Å². The van der Waals surface area contributed by atoms with Crippen LogP contribution < -0.4 is 10.1 Å². The molecule has 2 saturated heterocycles. The minimum atomic E-state index is 0.104. The van der Waals surface area contributed by atoms with E-state index in [-0.39, 0.29) is 11.8 Å². The zero-order valence-corrected chi connectivity index (χ0v) is 20.7. The molecule has 2 aromatic rings. The van der Waals surface area contributed by atoms with Gasteiger partial charge in [0.05, 0.1) is 13.7 Å². The van der Waals surface area contributed by atoms with Gasteiger partial charge >= 0.3 is 0 Å². The maximum Gasteiger partial charge on any atom is 0.241 e. The van der Waals surface area contributed by atoms with E-state index in [0.29, 0.717) is 18.3 Å². The molecule has 1 aromatic carbocycles. The number of rotatable bonds is 10. The molecule has 2 aliphatic rings. The highest BCUT2D eigenvalue weighted by Gasteiger charge is 2.26. The van der Waals surface area contributed by atoms with Crippen molar-refractivity contribution in [3.05, 3.63) is 30.2 Å². The third-order valence-electron chi connectivity index (χ3n) is 7.28. The van der Waals surface area contributed by atoms with Gasteiger partial charge in [0, 0.05) is 30.6 Å². The predicted molar refractivity (Wildman–Crippen MR) is 131 cm³/mol. The topological polar surface area (TPSA) is 83.7 Å². The van der Waals surface area contributed by atoms with E-state index in [9.17, 15) is 4.79 Å². The van der Waals surface area contributed by atoms with Crippen LogP contribution in [0.1, 0.15) is 57.8 Å². The molecule has 4 rings (SSSR count). The zero-order valence-electron chi connectivity index (χ0n) is 20.7. The second kappa shape index (κ2) is 12.3. The summed E-state index contributed by atoms with van der Waals surface area (Å²) < 4.78 is 10.7. The van der Waals surface area contributed by atoms with Crippen molar-refractivity contribution in [3.63, 3.8) is 0 Å². The van der Waals surface area contributed by atoms with Gasteiger partial charge in [0.1, 0.15) is 5.75 Å². The quantitative estimate of drug-likeness (QED) is 0.531. The van der Waals surface area contributed by atoms with Crippen molar-refractivity contribution in [1.29, 1.82) is 0 Å². The Kier molecular flexibility index (Phi) is 8.93. The van der Waals surface area contributed by atoms with Crippen molar-refractivity contribution in [2.24, 2.45) is 5.92 Å². The molecule has 0 aliphatic carbocycles. The van der Waals surface area contributed by atoms with Crippen LogP contribution in [0, 0.1) is 5.92 Å². The molecule has 8 nitrogen and oxygen atoms in total. The number of carbonyl (C=O) groups is 1. The average Bonchev–Trinajstić information content (AvgIpc) is 3.35. The molecule has 1 N–H and O–H groups in total. The van der Waals surface area contributed by atoms with Crippen LogP contribution in [0.25, 0.3) is 11.4 Å². The molecule has 0 spiro atoms. The molecule has 186 valence electrons. The number of aromatic nitrogens is 2. The summed E-state index contributed by atoms with van der Waals surface area (Å²) in [5, 5.41) is 7.30. The molecule has 1 aromatic heterocycles. The van der Waals surface area contributed by atoms with E-state index < -0.39 is 0 Å². The van der Waals surface area contributed by atoms with Crippen LogP contribution in [0.3, 0.4) is 0 Å². The summed E-state index contributed by atoms with van der Waals surface area (Å²) in [6.07, 6.45) is 8.01. The molecule has 2 aliphatic heterocycles. The number of ether oxygens (including phenoxy) is 1. The van der Waals surface area contributed by atoms with Crippen molar-refractivity contribution in [3.8, 4) is 17.1 Å². The average molecular weight is 470 g/mol. The van der Waals surface area contributed by atoms with Gasteiger partial charge in [0.2, 0.25) is 17.6 Å². The molecule has 0 bridgehead atoms. The molecule has 1 amide bonds. The predicted octanol–water partition coefficient (Wildman–Crippen LogP) is 3.73. The lowest BCUT2D eigenvalue weighted by Crippen LogP contribution is -2.42. The van der Waals surface area contributed by atoms with Crippen LogP contribution in [0.4, 0.5) is 0 Å². The molecular formula is C26H39N5O3. The number of likely N-dealkylation sites (tertiary alicyclic amines) is 2. The summed E-state index contributed by atoms with van der Waals surface area (Å²) in [6, 6.07) is 8.35. The number of hydrogen-bond acceptors (Lipinski definition) is 7. The fourth-order valence-corrected chi connectivity index (χ4v) is 5.18. The Hall–Kier alpha value is -2.45. The van der Waals surface area contributed by atoms with Crippen LogP contribution >= 0.6 is 0 Å². The van der Waals surface area contributed by atoms with Crippen LogP contribution in [-0.4, -0.2) is 71.7 Å². The van der Waals surface area contributed by atoms with E-state index >= 15 is 0 Å².